The number of carbonyl (C=O) groups excluding carboxylic acids is 1. The van der Waals surface area contributed by atoms with Crippen molar-refractivity contribution in [3.05, 3.63) is 56.7 Å². The molecule has 0 saturated heterocycles. The first-order valence-electron chi connectivity index (χ1n) is 6.87. The lowest BCUT2D eigenvalue weighted by Gasteiger charge is -2.14. The third kappa shape index (κ3) is 4.96. The molecule has 0 aliphatic carbocycles. The van der Waals surface area contributed by atoms with Crippen LogP contribution in [0.5, 0.6) is 0 Å². The molecule has 0 spiro atoms. The summed E-state index contributed by atoms with van der Waals surface area (Å²) < 4.78 is 1.07. The van der Waals surface area contributed by atoms with E-state index in [1.165, 1.54) is 4.88 Å². The van der Waals surface area contributed by atoms with Gasteiger partial charge in [-0.1, -0.05) is 30.3 Å². The van der Waals surface area contributed by atoms with E-state index in [0.29, 0.717) is 18.4 Å². The monoisotopic (exact) mass is 381 g/mol. The van der Waals surface area contributed by atoms with Gasteiger partial charge < -0.3 is 10.4 Å². The lowest BCUT2D eigenvalue weighted by Crippen LogP contribution is -2.33. The zero-order chi connectivity index (χ0) is 15.9. The molecule has 1 aromatic carbocycles. The second-order valence-corrected chi connectivity index (χ2v) is 7.36. The van der Waals surface area contributed by atoms with Crippen LogP contribution in [-0.2, 0) is 16.0 Å². The molecule has 0 radical (unpaired) electrons. The molecule has 0 aliphatic heterocycles. The van der Waals surface area contributed by atoms with Crippen LogP contribution < -0.4 is 5.32 Å². The van der Waals surface area contributed by atoms with Crippen molar-refractivity contribution in [1.29, 1.82) is 0 Å². The zero-order valence-electron chi connectivity index (χ0n) is 11.8. The lowest BCUT2D eigenvalue weighted by atomic mass is 10.1. The van der Waals surface area contributed by atoms with Crippen molar-refractivity contribution in [1.82, 2.24) is 5.32 Å². The highest BCUT2D eigenvalue weighted by molar-refractivity contribution is 9.11. The van der Waals surface area contributed by atoms with Crippen LogP contribution in [0.1, 0.15) is 29.3 Å². The predicted molar refractivity (Wildman–Crippen MR) is 89.9 cm³/mol. The highest BCUT2D eigenvalue weighted by Crippen LogP contribution is 2.23. The Kier molecular flexibility index (Phi) is 6.15. The molecule has 0 fully saturated rings. The first-order chi connectivity index (χ1) is 10.6. The van der Waals surface area contributed by atoms with Crippen LogP contribution >= 0.6 is 27.3 Å². The second kappa shape index (κ2) is 8.10. The van der Waals surface area contributed by atoms with Crippen molar-refractivity contribution in [2.45, 2.75) is 25.3 Å². The predicted octanol–water partition coefficient (Wildman–Crippen LogP) is 3.78. The van der Waals surface area contributed by atoms with Gasteiger partial charge in [-0.3, -0.25) is 4.79 Å². The van der Waals surface area contributed by atoms with Gasteiger partial charge >= 0.3 is 5.97 Å². The number of carboxylic acids is 1. The van der Waals surface area contributed by atoms with Gasteiger partial charge in [0.15, 0.2) is 6.04 Å². The molecule has 2 aromatic rings. The molecule has 0 aliphatic rings. The Hall–Kier alpha value is -1.66. The molecule has 1 atom stereocenters. The minimum absolute atomic E-state index is 0.244. The first kappa shape index (κ1) is 16.7. The number of hydrogen-bond acceptors (Lipinski definition) is 3. The minimum Gasteiger partial charge on any atom is -0.479 e. The van der Waals surface area contributed by atoms with Crippen LogP contribution in [0.3, 0.4) is 0 Å². The number of aliphatic carboxylic acids is 1. The number of nitrogens with one attached hydrogen (secondary N) is 1. The van der Waals surface area contributed by atoms with E-state index < -0.39 is 12.0 Å². The van der Waals surface area contributed by atoms with Crippen LogP contribution in [0.2, 0.25) is 0 Å². The van der Waals surface area contributed by atoms with E-state index in [0.717, 1.165) is 10.2 Å². The van der Waals surface area contributed by atoms with E-state index in [9.17, 15) is 14.7 Å². The molecule has 4 nitrogen and oxygen atoms in total. The van der Waals surface area contributed by atoms with Crippen LogP contribution in [0.4, 0.5) is 0 Å². The van der Waals surface area contributed by atoms with Gasteiger partial charge in [0.05, 0.1) is 3.79 Å². The average molecular weight is 382 g/mol. The van der Waals surface area contributed by atoms with Gasteiger partial charge in [0.25, 0.3) is 0 Å². The molecule has 116 valence electrons. The van der Waals surface area contributed by atoms with Crippen LogP contribution in [-0.4, -0.2) is 17.0 Å². The molecule has 1 amide bonds. The summed E-state index contributed by atoms with van der Waals surface area (Å²) in [5.74, 6) is -1.30. The SMILES string of the molecule is O=C(CCCc1ccc(Br)s1)NC(C(=O)O)c1ccccc1. The summed E-state index contributed by atoms with van der Waals surface area (Å²) in [4.78, 5) is 24.5. The van der Waals surface area contributed by atoms with Gasteiger partial charge in [-0.25, -0.2) is 4.79 Å². The summed E-state index contributed by atoms with van der Waals surface area (Å²) in [6, 6.07) is 11.7. The van der Waals surface area contributed by atoms with Crippen molar-refractivity contribution in [2.24, 2.45) is 0 Å². The third-order valence-electron chi connectivity index (χ3n) is 3.14. The number of rotatable bonds is 7. The number of aryl methyl sites for hydroxylation is 1. The largest absolute Gasteiger partial charge is 0.479 e. The Morgan fingerprint density at radius 3 is 2.50 bits per heavy atom. The Morgan fingerprint density at radius 2 is 1.91 bits per heavy atom. The molecular weight excluding hydrogens is 366 g/mol. The molecule has 2 N–H and O–H groups in total. The third-order valence-corrected chi connectivity index (χ3v) is 4.82. The number of thiophene rings is 1. The Morgan fingerprint density at radius 1 is 1.18 bits per heavy atom. The van der Waals surface area contributed by atoms with Crippen LogP contribution in [0.25, 0.3) is 0 Å². The van der Waals surface area contributed by atoms with Gasteiger partial charge in [-0.15, -0.1) is 11.3 Å². The molecule has 0 bridgehead atoms. The van der Waals surface area contributed by atoms with Crippen LogP contribution in [0, 0.1) is 0 Å². The number of benzene rings is 1. The summed E-state index contributed by atoms with van der Waals surface area (Å²) >= 11 is 5.05. The Balaban J connectivity index is 1.85. The molecular formula is C16H16BrNO3S. The molecule has 1 aromatic heterocycles. The molecule has 1 unspecified atom stereocenters. The van der Waals surface area contributed by atoms with Crippen molar-refractivity contribution < 1.29 is 14.7 Å². The molecule has 6 heteroatoms. The van der Waals surface area contributed by atoms with E-state index >= 15 is 0 Å². The van der Waals surface area contributed by atoms with Crippen molar-refractivity contribution >= 4 is 39.1 Å². The molecule has 22 heavy (non-hydrogen) atoms. The second-order valence-electron chi connectivity index (χ2n) is 4.81. The summed E-state index contributed by atoms with van der Waals surface area (Å²) in [5.41, 5.74) is 0.575. The summed E-state index contributed by atoms with van der Waals surface area (Å²) in [5, 5.41) is 11.8. The minimum atomic E-state index is -1.05. The quantitative estimate of drug-likeness (QED) is 0.766. The summed E-state index contributed by atoms with van der Waals surface area (Å²) in [6.45, 7) is 0. The zero-order valence-corrected chi connectivity index (χ0v) is 14.2. The van der Waals surface area contributed by atoms with E-state index in [1.54, 1.807) is 35.6 Å². The van der Waals surface area contributed by atoms with Gasteiger partial charge in [0.2, 0.25) is 5.91 Å². The maximum atomic E-state index is 11.9. The van der Waals surface area contributed by atoms with Crippen molar-refractivity contribution in [3.63, 3.8) is 0 Å². The average Bonchev–Trinajstić information content (AvgIpc) is 2.91. The normalized spacial score (nSPS) is 11.9. The Bertz CT molecular complexity index is 642. The molecule has 1 heterocycles. The highest BCUT2D eigenvalue weighted by Gasteiger charge is 2.21. The summed E-state index contributed by atoms with van der Waals surface area (Å²) in [6.07, 6.45) is 1.82. The smallest absolute Gasteiger partial charge is 0.330 e. The van der Waals surface area contributed by atoms with E-state index in [-0.39, 0.29) is 5.91 Å². The highest BCUT2D eigenvalue weighted by atomic mass is 79.9. The maximum Gasteiger partial charge on any atom is 0.330 e. The van der Waals surface area contributed by atoms with Crippen molar-refractivity contribution in [3.8, 4) is 0 Å². The fraction of sp³-hybridized carbons (Fsp3) is 0.250. The molecule has 2 rings (SSSR count). The fourth-order valence-corrected chi connectivity index (χ4v) is 3.60. The molecule has 0 saturated carbocycles. The van der Waals surface area contributed by atoms with Gasteiger partial charge in [0, 0.05) is 11.3 Å². The first-order valence-corrected chi connectivity index (χ1v) is 8.48. The standard InChI is InChI=1S/C16H16BrNO3S/c17-13-10-9-12(22-13)7-4-8-14(19)18-15(16(20)21)11-5-2-1-3-6-11/h1-3,5-6,9-10,15H,4,7-8H2,(H,18,19)(H,20,21). The number of carbonyl (C=O) groups is 2. The number of hydrogen-bond donors (Lipinski definition) is 2. The lowest BCUT2D eigenvalue weighted by molar-refractivity contribution is -0.142. The van der Waals surface area contributed by atoms with Gasteiger partial charge in [0.1, 0.15) is 0 Å². The Labute approximate surface area is 141 Å². The number of carboxylic acid groups (broad SMARTS) is 1. The van der Waals surface area contributed by atoms with Gasteiger partial charge in [-0.2, -0.15) is 0 Å². The number of amides is 1. The summed E-state index contributed by atoms with van der Waals surface area (Å²) in [7, 11) is 0. The maximum absolute atomic E-state index is 11.9. The fourth-order valence-electron chi connectivity index (χ4n) is 2.08. The van der Waals surface area contributed by atoms with E-state index in [2.05, 4.69) is 21.2 Å². The van der Waals surface area contributed by atoms with Crippen molar-refractivity contribution in [2.75, 3.05) is 0 Å². The van der Waals surface area contributed by atoms with E-state index in [4.69, 9.17) is 0 Å². The topological polar surface area (TPSA) is 66.4 Å². The van der Waals surface area contributed by atoms with Gasteiger partial charge in [-0.05, 0) is 46.5 Å². The van der Waals surface area contributed by atoms with E-state index in [1.807, 2.05) is 18.2 Å². The number of halogens is 1. The van der Waals surface area contributed by atoms with Crippen LogP contribution in [0.15, 0.2) is 46.3 Å².